The van der Waals surface area contributed by atoms with E-state index >= 15 is 0 Å². The van der Waals surface area contributed by atoms with Crippen LogP contribution in [0, 0.1) is 0 Å². The van der Waals surface area contributed by atoms with Gasteiger partial charge in [0.15, 0.2) is 5.96 Å². The first-order chi connectivity index (χ1) is 10.3. The second kappa shape index (κ2) is 6.97. The van der Waals surface area contributed by atoms with Crippen molar-refractivity contribution in [1.29, 1.82) is 0 Å². The average molecular weight is 294 g/mol. The van der Waals surface area contributed by atoms with Crippen molar-refractivity contribution in [2.45, 2.75) is 50.5 Å². The van der Waals surface area contributed by atoms with Crippen LogP contribution in [-0.2, 0) is 4.74 Å². The molecule has 0 amide bonds. The normalized spacial score (nSPS) is 28.0. The molecular formula is C16H30N4O. The maximum Gasteiger partial charge on any atom is 0.191 e. The Kier molecular flexibility index (Phi) is 5.01. The fourth-order valence-electron chi connectivity index (χ4n) is 3.97. The second-order valence-electron chi connectivity index (χ2n) is 6.75. The number of ether oxygens (including phenoxy) is 1. The van der Waals surface area contributed by atoms with E-state index in [1.807, 2.05) is 0 Å². The zero-order valence-corrected chi connectivity index (χ0v) is 13.2. The average Bonchev–Trinajstić information content (AvgIpc) is 3.09. The highest BCUT2D eigenvalue weighted by atomic mass is 16.5. The molecule has 3 rings (SSSR count). The van der Waals surface area contributed by atoms with E-state index in [2.05, 4.69) is 9.80 Å². The molecule has 0 aliphatic carbocycles. The van der Waals surface area contributed by atoms with Crippen LogP contribution in [-0.4, -0.2) is 67.2 Å². The molecule has 21 heavy (non-hydrogen) atoms. The van der Waals surface area contributed by atoms with Gasteiger partial charge in [-0.1, -0.05) is 0 Å². The Bertz CT molecular complexity index is 353. The van der Waals surface area contributed by atoms with Crippen LogP contribution >= 0.6 is 0 Å². The summed E-state index contributed by atoms with van der Waals surface area (Å²) in [5.74, 6) is 0.764. The van der Waals surface area contributed by atoms with Gasteiger partial charge in [-0.2, -0.15) is 0 Å². The SMILES string of the molecule is NC(=NCC1(N2CCCC2)CCOCC1)N1CCCCC1. The van der Waals surface area contributed by atoms with Crippen molar-refractivity contribution in [3.05, 3.63) is 0 Å². The number of rotatable bonds is 3. The largest absolute Gasteiger partial charge is 0.381 e. The number of piperidine rings is 1. The number of hydrogen-bond acceptors (Lipinski definition) is 3. The molecule has 0 aromatic carbocycles. The van der Waals surface area contributed by atoms with Crippen LogP contribution in [0.15, 0.2) is 4.99 Å². The molecule has 3 heterocycles. The molecule has 3 fully saturated rings. The smallest absolute Gasteiger partial charge is 0.191 e. The van der Waals surface area contributed by atoms with E-state index in [1.54, 1.807) is 0 Å². The first-order valence-corrected chi connectivity index (χ1v) is 8.68. The van der Waals surface area contributed by atoms with Crippen molar-refractivity contribution in [2.24, 2.45) is 10.7 Å². The van der Waals surface area contributed by atoms with Crippen molar-refractivity contribution < 1.29 is 4.74 Å². The predicted molar refractivity (Wildman–Crippen MR) is 85.5 cm³/mol. The topological polar surface area (TPSA) is 54.1 Å². The molecule has 0 unspecified atom stereocenters. The minimum absolute atomic E-state index is 0.204. The van der Waals surface area contributed by atoms with E-state index in [4.69, 9.17) is 15.5 Å². The first-order valence-electron chi connectivity index (χ1n) is 8.68. The summed E-state index contributed by atoms with van der Waals surface area (Å²) in [6.45, 7) is 7.19. The quantitative estimate of drug-likeness (QED) is 0.632. The Hall–Kier alpha value is -0.810. The van der Waals surface area contributed by atoms with Crippen molar-refractivity contribution in [3.8, 4) is 0 Å². The van der Waals surface area contributed by atoms with E-state index in [0.717, 1.165) is 51.6 Å². The molecule has 2 N–H and O–H groups in total. The Morgan fingerprint density at radius 3 is 2.24 bits per heavy atom. The van der Waals surface area contributed by atoms with Gasteiger partial charge in [0, 0.05) is 31.8 Å². The third-order valence-electron chi connectivity index (χ3n) is 5.42. The van der Waals surface area contributed by atoms with Crippen LogP contribution in [0.25, 0.3) is 0 Å². The summed E-state index contributed by atoms with van der Waals surface area (Å²) in [5, 5.41) is 0. The van der Waals surface area contributed by atoms with Crippen molar-refractivity contribution >= 4 is 5.96 Å². The van der Waals surface area contributed by atoms with Gasteiger partial charge in [-0.25, -0.2) is 0 Å². The van der Waals surface area contributed by atoms with Crippen LogP contribution in [0.3, 0.4) is 0 Å². The lowest BCUT2D eigenvalue weighted by Crippen LogP contribution is -2.54. The van der Waals surface area contributed by atoms with Gasteiger partial charge in [-0.3, -0.25) is 9.89 Å². The Labute approximate surface area is 128 Å². The summed E-state index contributed by atoms with van der Waals surface area (Å²) < 4.78 is 5.59. The molecule has 0 atom stereocenters. The molecule has 5 nitrogen and oxygen atoms in total. The Morgan fingerprint density at radius 2 is 1.57 bits per heavy atom. The predicted octanol–water partition coefficient (Wildman–Crippen LogP) is 1.43. The monoisotopic (exact) mass is 294 g/mol. The van der Waals surface area contributed by atoms with E-state index in [0.29, 0.717) is 0 Å². The fourth-order valence-corrected chi connectivity index (χ4v) is 3.97. The number of aliphatic imine (C=N–C) groups is 1. The summed E-state index contributed by atoms with van der Waals surface area (Å²) in [4.78, 5) is 9.73. The minimum atomic E-state index is 0.204. The Morgan fingerprint density at radius 1 is 0.952 bits per heavy atom. The summed E-state index contributed by atoms with van der Waals surface area (Å²) in [7, 11) is 0. The Balaban J connectivity index is 1.65. The maximum absolute atomic E-state index is 6.25. The number of guanidine groups is 1. The number of nitrogens with zero attached hydrogens (tertiary/aromatic N) is 3. The van der Waals surface area contributed by atoms with Crippen molar-refractivity contribution in [2.75, 3.05) is 45.9 Å². The molecule has 0 aromatic heterocycles. The van der Waals surface area contributed by atoms with Gasteiger partial charge >= 0.3 is 0 Å². The van der Waals surface area contributed by atoms with Crippen LogP contribution in [0.1, 0.15) is 44.9 Å². The van der Waals surface area contributed by atoms with E-state index in [-0.39, 0.29) is 5.54 Å². The van der Waals surface area contributed by atoms with E-state index < -0.39 is 0 Å². The van der Waals surface area contributed by atoms with Gasteiger partial charge in [-0.15, -0.1) is 0 Å². The van der Waals surface area contributed by atoms with Gasteiger partial charge in [0.2, 0.25) is 0 Å². The van der Waals surface area contributed by atoms with Crippen LogP contribution < -0.4 is 5.73 Å². The highest BCUT2D eigenvalue weighted by molar-refractivity contribution is 5.78. The third kappa shape index (κ3) is 3.51. The number of likely N-dealkylation sites (tertiary alicyclic amines) is 2. The molecule has 0 radical (unpaired) electrons. The molecule has 0 bridgehead atoms. The van der Waals surface area contributed by atoms with Gasteiger partial charge in [0.25, 0.3) is 0 Å². The van der Waals surface area contributed by atoms with E-state index in [9.17, 15) is 0 Å². The molecule has 0 aromatic rings. The second-order valence-corrected chi connectivity index (χ2v) is 6.75. The molecule has 5 heteroatoms. The van der Waals surface area contributed by atoms with Gasteiger partial charge < -0.3 is 15.4 Å². The maximum atomic E-state index is 6.25. The summed E-state index contributed by atoms with van der Waals surface area (Å²) >= 11 is 0. The molecule has 3 aliphatic heterocycles. The van der Waals surface area contributed by atoms with Crippen LogP contribution in [0.2, 0.25) is 0 Å². The summed E-state index contributed by atoms with van der Waals surface area (Å²) in [5.41, 5.74) is 6.45. The number of hydrogen-bond donors (Lipinski definition) is 1. The zero-order valence-electron chi connectivity index (χ0n) is 13.2. The van der Waals surface area contributed by atoms with Crippen molar-refractivity contribution in [3.63, 3.8) is 0 Å². The summed E-state index contributed by atoms with van der Waals surface area (Å²) in [6.07, 6.45) is 8.69. The highest BCUT2D eigenvalue weighted by Gasteiger charge is 2.39. The van der Waals surface area contributed by atoms with Gasteiger partial charge in [-0.05, 0) is 58.0 Å². The zero-order chi connectivity index (χ0) is 14.5. The van der Waals surface area contributed by atoms with E-state index in [1.165, 1.54) is 45.2 Å². The third-order valence-corrected chi connectivity index (χ3v) is 5.42. The minimum Gasteiger partial charge on any atom is -0.381 e. The fraction of sp³-hybridized carbons (Fsp3) is 0.938. The van der Waals surface area contributed by atoms with Gasteiger partial charge in [0.05, 0.1) is 6.54 Å². The lowest BCUT2D eigenvalue weighted by molar-refractivity contribution is -0.0139. The molecule has 3 aliphatic rings. The number of nitrogens with two attached hydrogens (primary N) is 1. The first kappa shape index (κ1) is 15.1. The standard InChI is InChI=1S/C16H30N4O/c17-15(19-8-2-1-3-9-19)18-14-16(6-12-21-13-7-16)20-10-4-5-11-20/h1-14H2,(H2,17,18). The van der Waals surface area contributed by atoms with Crippen molar-refractivity contribution in [1.82, 2.24) is 9.80 Å². The molecule has 120 valence electrons. The molecule has 3 saturated heterocycles. The van der Waals surface area contributed by atoms with Crippen LogP contribution in [0.4, 0.5) is 0 Å². The van der Waals surface area contributed by atoms with Gasteiger partial charge in [0.1, 0.15) is 0 Å². The lowest BCUT2D eigenvalue weighted by Gasteiger charge is -2.43. The lowest BCUT2D eigenvalue weighted by atomic mass is 9.88. The molecule has 0 spiro atoms. The summed E-state index contributed by atoms with van der Waals surface area (Å²) in [6, 6.07) is 0. The highest BCUT2D eigenvalue weighted by Crippen LogP contribution is 2.31. The molecule has 0 saturated carbocycles. The molecular weight excluding hydrogens is 264 g/mol. The van der Waals surface area contributed by atoms with Crippen LogP contribution in [0.5, 0.6) is 0 Å².